The zero-order valence-electron chi connectivity index (χ0n) is 17.1. The van der Waals surface area contributed by atoms with Gasteiger partial charge in [0.05, 0.1) is 0 Å². The van der Waals surface area contributed by atoms with Crippen LogP contribution in [0.25, 0.3) is 5.82 Å². The Balaban J connectivity index is 1.12. The molecule has 0 N–H and O–H groups in total. The minimum absolute atomic E-state index is 0.0962. The van der Waals surface area contributed by atoms with E-state index in [1.807, 2.05) is 18.2 Å². The predicted molar refractivity (Wildman–Crippen MR) is 123 cm³/mol. The molecule has 2 aromatic rings. The number of allylic oxidation sites excluding steroid dienone is 2. The normalized spacial score (nSPS) is 22.2. The van der Waals surface area contributed by atoms with Crippen LogP contribution in [-0.2, 0) is 0 Å². The van der Waals surface area contributed by atoms with Crippen LogP contribution >= 0.6 is 15.9 Å². The Morgan fingerprint density at radius 2 is 1.87 bits per heavy atom. The smallest absolute Gasteiger partial charge is 0.162 e. The monoisotopic (exact) mass is 469 g/mol. The summed E-state index contributed by atoms with van der Waals surface area (Å²) < 4.78 is 15.3. The maximum Gasteiger partial charge on any atom is 0.162 e. The fraction of sp³-hybridized carbons (Fsp3) is 0.417. The van der Waals surface area contributed by atoms with Crippen molar-refractivity contribution in [2.75, 3.05) is 39.3 Å². The number of nitrogens with zero attached hydrogens (tertiary/aromatic N) is 3. The molecule has 0 saturated carbocycles. The maximum absolute atomic E-state index is 6.20. The third kappa shape index (κ3) is 4.44. The van der Waals surface area contributed by atoms with Crippen LogP contribution in [0.15, 0.2) is 65.4 Å². The molecule has 30 heavy (non-hydrogen) atoms. The second-order valence-corrected chi connectivity index (χ2v) is 9.25. The van der Waals surface area contributed by atoms with Gasteiger partial charge >= 0.3 is 0 Å². The molecule has 3 aliphatic rings. The van der Waals surface area contributed by atoms with Gasteiger partial charge < -0.3 is 18.9 Å². The molecule has 0 spiro atoms. The fourth-order valence-corrected chi connectivity index (χ4v) is 4.92. The first kappa shape index (κ1) is 19.8. The number of fused-ring (bicyclic) bond motifs is 1. The van der Waals surface area contributed by atoms with Crippen molar-refractivity contribution >= 4 is 21.8 Å². The lowest BCUT2D eigenvalue weighted by Gasteiger charge is -2.38. The van der Waals surface area contributed by atoms with Crippen molar-refractivity contribution in [2.45, 2.75) is 18.9 Å². The number of piperidine rings is 1. The molecule has 1 atom stereocenters. The zero-order valence-corrected chi connectivity index (χ0v) is 18.7. The van der Waals surface area contributed by atoms with E-state index in [9.17, 15) is 0 Å². The molecule has 1 saturated heterocycles. The summed E-state index contributed by atoms with van der Waals surface area (Å²) in [4.78, 5) is 5.04. The third-order valence-corrected chi connectivity index (χ3v) is 6.67. The molecule has 3 aliphatic heterocycles. The van der Waals surface area contributed by atoms with Gasteiger partial charge in [-0.1, -0.05) is 28.1 Å². The average molecular weight is 470 g/mol. The summed E-state index contributed by atoms with van der Waals surface area (Å²) in [5.74, 6) is 3.70. The van der Waals surface area contributed by atoms with Crippen LogP contribution in [0.5, 0.6) is 11.5 Å². The first-order valence-electron chi connectivity index (χ1n) is 10.8. The van der Waals surface area contributed by atoms with Gasteiger partial charge in [-0.2, -0.15) is 0 Å². The van der Waals surface area contributed by atoms with Gasteiger partial charge in [-0.05, 0) is 68.3 Å². The minimum Gasteiger partial charge on any atom is -0.486 e. The lowest BCUT2D eigenvalue weighted by Crippen LogP contribution is -2.45. The largest absolute Gasteiger partial charge is 0.486 e. The Bertz CT molecular complexity index is 917. The second kappa shape index (κ2) is 8.90. The Kier molecular flexibility index (Phi) is 5.86. The Morgan fingerprint density at radius 3 is 2.70 bits per heavy atom. The van der Waals surface area contributed by atoms with Crippen LogP contribution < -0.4 is 9.47 Å². The molecule has 4 heterocycles. The van der Waals surface area contributed by atoms with Gasteiger partial charge in [-0.25, -0.2) is 0 Å². The van der Waals surface area contributed by atoms with Gasteiger partial charge in [0.2, 0.25) is 0 Å². The molecule has 158 valence electrons. The van der Waals surface area contributed by atoms with E-state index in [0.717, 1.165) is 54.6 Å². The van der Waals surface area contributed by atoms with Gasteiger partial charge in [0.1, 0.15) is 18.5 Å². The molecule has 1 unspecified atom stereocenters. The van der Waals surface area contributed by atoms with Crippen molar-refractivity contribution in [3.05, 3.63) is 65.4 Å². The molecule has 0 bridgehead atoms. The van der Waals surface area contributed by atoms with Gasteiger partial charge in [0.25, 0.3) is 0 Å². The van der Waals surface area contributed by atoms with E-state index >= 15 is 0 Å². The first-order chi connectivity index (χ1) is 14.7. The minimum atomic E-state index is 0.0962. The highest BCUT2D eigenvalue weighted by Gasteiger charge is 2.27. The van der Waals surface area contributed by atoms with Gasteiger partial charge in [-0.15, -0.1) is 0 Å². The Morgan fingerprint density at radius 1 is 1.03 bits per heavy atom. The molecule has 0 aliphatic carbocycles. The lowest BCUT2D eigenvalue weighted by molar-refractivity contribution is 0.0462. The highest BCUT2D eigenvalue weighted by Crippen LogP contribution is 2.34. The van der Waals surface area contributed by atoms with Gasteiger partial charge in [0.15, 0.2) is 11.5 Å². The summed E-state index contributed by atoms with van der Waals surface area (Å²) in [5, 5.41) is 0. The number of hydrogen-bond acceptors (Lipinski definition) is 4. The van der Waals surface area contributed by atoms with E-state index in [-0.39, 0.29) is 6.10 Å². The van der Waals surface area contributed by atoms with Gasteiger partial charge in [0, 0.05) is 36.5 Å². The van der Waals surface area contributed by atoms with Crippen LogP contribution in [0.1, 0.15) is 12.8 Å². The number of halogens is 1. The van der Waals surface area contributed by atoms with E-state index in [1.54, 1.807) is 0 Å². The number of rotatable bonds is 5. The Hall–Kier alpha value is -2.18. The third-order valence-electron chi connectivity index (χ3n) is 6.17. The van der Waals surface area contributed by atoms with Crippen LogP contribution in [0, 0.1) is 5.92 Å². The second-order valence-electron chi connectivity index (χ2n) is 8.33. The number of ether oxygens (including phenoxy) is 2. The maximum atomic E-state index is 6.20. The van der Waals surface area contributed by atoms with E-state index in [1.165, 1.54) is 18.7 Å². The molecule has 0 radical (unpaired) electrons. The summed E-state index contributed by atoms with van der Waals surface area (Å²) >= 11 is 3.51. The highest BCUT2D eigenvalue weighted by molar-refractivity contribution is 9.10. The molecule has 5 nitrogen and oxygen atoms in total. The van der Waals surface area contributed by atoms with Crippen molar-refractivity contribution < 1.29 is 9.47 Å². The van der Waals surface area contributed by atoms with Crippen molar-refractivity contribution in [2.24, 2.45) is 5.92 Å². The van der Waals surface area contributed by atoms with E-state index < -0.39 is 0 Å². The first-order valence-corrected chi connectivity index (χ1v) is 11.6. The van der Waals surface area contributed by atoms with Crippen molar-refractivity contribution in [1.82, 2.24) is 14.4 Å². The summed E-state index contributed by atoms with van der Waals surface area (Å²) in [6.07, 6.45) is 13.4. The molecule has 6 heteroatoms. The number of aromatic nitrogens is 1. The molecule has 1 fully saturated rings. The van der Waals surface area contributed by atoms with E-state index in [4.69, 9.17) is 9.47 Å². The molecule has 0 amide bonds. The van der Waals surface area contributed by atoms with E-state index in [0.29, 0.717) is 6.61 Å². The number of hydrogen-bond donors (Lipinski definition) is 0. The fourth-order valence-electron chi connectivity index (χ4n) is 4.58. The topological polar surface area (TPSA) is 29.9 Å². The predicted octanol–water partition coefficient (Wildman–Crippen LogP) is 4.47. The summed E-state index contributed by atoms with van der Waals surface area (Å²) in [6.45, 7) is 5.92. The summed E-state index contributed by atoms with van der Waals surface area (Å²) in [5.41, 5.74) is 0. The van der Waals surface area contributed by atoms with Crippen molar-refractivity contribution in [1.29, 1.82) is 0 Å². The lowest BCUT2D eigenvalue weighted by atomic mass is 9.95. The highest BCUT2D eigenvalue weighted by atomic mass is 79.9. The standard InChI is InChI=1S/C24H28BrN3O2/c25-20-6-7-22-23(15-20)30-21(18-29-22)17-26-13-8-19(9-14-26)16-28-12-2-1-5-24(28)27-10-3-4-11-27/h1-7,10-11,15,19,21H,8-9,12-14,16-18H2. The quantitative estimate of drug-likeness (QED) is 0.645. The molecule has 1 aromatic carbocycles. The van der Waals surface area contributed by atoms with Crippen LogP contribution in [0.3, 0.4) is 0 Å². The molecular weight excluding hydrogens is 442 g/mol. The van der Waals surface area contributed by atoms with Gasteiger partial charge in [-0.3, -0.25) is 4.90 Å². The zero-order chi connectivity index (χ0) is 20.3. The van der Waals surface area contributed by atoms with Crippen LogP contribution in [0.4, 0.5) is 0 Å². The molecule has 1 aromatic heterocycles. The SMILES string of the molecule is Brc1ccc2c(c1)OC(CN1CCC(CN3CC=CC=C3n3cccc3)CC1)CO2. The summed E-state index contributed by atoms with van der Waals surface area (Å²) in [7, 11) is 0. The van der Waals surface area contributed by atoms with E-state index in [2.05, 4.69) is 73.1 Å². The van der Waals surface area contributed by atoms with Crippen LogP contribution in [-0.4, -0.2) is 59.8 Å². The molecule has 5 rings (SSSR count). The average Bonchev–Trinajstić information content (AvgIpc) is 3.30. The number of benzene rings is 1. The van der Waals surface area contributed by atoms with Crippen molar-refractivity contribution in [3.8, 4) is 11.5 Å². The Labute approximate surface area is 186 Å². The molecular formula is C24H28BrN3O2. The number of likely N-dealkylation sites (tertiary alicyclic amines) is 1. The van der Waals surface area contributed by atoms with Crippen molar-refractivity contribution in [3.63, 3.8) is 0 Å². The summed E-state index contributed by atoms with van der Waals surface area (Å²) in [6, 6.07) is 10.1. The van der Waals surface area contributed by atoms with Crippen LogP contribution in [0.2, 0.25) is 0 Å².